The molecule has 1 rings (SSSR count). The van der Waals surface area contributed by atoms with Crippen LogP contribution in [0.4, 0.5) is 0 Å². The smallest absolute Gasteiger partial charge is 0.124 e. The van der Waals surface area contributed by atoms with Crippen molar-refractivity contribution in [3.8, 4) is 5.75 Å². The van der Waals surface area contributed by atoms with E-state index in [0.717, 1.165) is 23.3 Å². The number of aliphatic hydroxyl groups is 1. The standard InChI is InChI=1S/C15H22O2/c1-3-4-5-6-7-9-13-10-8-11-15(17-2)14(13)12-16/h7-11,16H,3-6,12H2,1-2H3. The van der Waals surface area contributed by atoms with Gasteiger partial charge in [-0.25, -0.2) is 0 Å². The van der Waals surface area contributed by atoms with Crippen LogP contribution in [0.1, 0.15) is 43.7 Å². The molecule has 0 radical (unpaired) electrons. The number of unbranched alkanes of at least 4 members (excludes halogenated alkanes) is 3. The second-order valence-corrected chi connectivity index (χ2v) is 4.08. The van der Waals surface area contributed by atoms with Crippen LogP contribution in [-0.4, -0.2) is 12.2 Å². The molecule has 17 heavy (non-hydrogen) atoms. The first-order valence-corrected chi connectivity index (χ1v) is 6.26. The van der Waals surface area contributed by atoms with Crippen molar-refractivity contribution in [3.63, 3.8) is 0 Å². The van der Waals surface area contributed by atoms with Crippen molar-refractivity contribution in [3.05, 3.63) is 35.4 Å². The molecule has 1 N–H and O–H groups in total. The van der Waals surface area contributed by atoms with Gasteiger partial charge < -0.3 is 9.84 Å². The third kappa shape index (κ3) is 4.23. The van der Waals surface area contributed by atoms with Crippen LogP contribution in [0.5, 0.6) is 5.75 Å². The Morgan fingerprint density at radius 3 is 2.76 bits per heavy atom. The van der Waals surface area contributed by atoms with Crippen LogP contribution in [0.25, 0.3) is 6.08 Å². The number of hydrogen-bond donors (Lipinski definition) is 1. The lowest BCUT2D eigenvalue weighted by atomic mass is 10.1. The van der Waals surface area contributed by atoms with Gasteiger partial charge in [-0.2, -0.15) is 0 Å². The molecular weight excluding hydrogens is 212 g/mol. The molecule has 0 saturated carbocycles. The van der Waals surface area contributed by atoms with Crippen LogP contribution in [0.3, 0.4) is 0 Å². The van der Waals surface area contributed by atoms with E-state index < -0.39 is 0 Å². The van der Waals surface area contributed by atoms with Crippen molar-refractivity contribution in [2.45, 2.75) is 39.2 Å². The molecule has 1 aromatic rings. The van der Waals surface area contributed by atoms with Gasteiger partial charge in [0.05, 0.1) is 13.7 Å². The highest BCUT2D eigenvalue weighted by Gasteiger charge is 2.04. The normalized spacial score (nSPS) is 11.0. The Kier molecular flexibility index (Phi) is 6.41. The average molecular weight is 234 g/mol. The van der Waals surface area contributed by atoms with Crippen molar-refractivity contribution in [2.75, 3.05) is 7.11 Å². The highest BCUT2D eigenvalue weighted by atomic mass is 16.5. The molecule has 0 heterocycles. The number of hydrogen-bond acceptors (Lipinski definition) is 2. The number of rotatable bonds is 7. The summed E-state index contributed by atoms with van der Waals surface area (Å²) in [6.07, 6.45) is 9.08. The lowest BCUT2D eigenvalue weighted by Gasteiger charge is -2.08. The fourth-order valence-corrected chi connectivity index (χ4v) is 1.82. The maximum atomic E-state index is 9.36. The van der Waals surface area contributed by atoms with E-state index in [1.807, 2.05) is 18.2 Å². The van der Waals surface area contributed by atoms with Crippen LogP contribution in [0.2, 0.25) is 0 Å². The Labute approximate surface area is 104 Å². The van der Waals surface area contributed by atoms with Crippen LogP contribution in [-0.2, 0) is 6.61 Å². The summed E-state index contributed by atoms with van der Waals surface area (Å²) in [7, 11) is 1.63. The second kappa shape index (κ2) is 7.91. The summed E-state index contributed by atoms with van der Waals surface area (Å²) in [6.45, 7) is 2.22. The van der Waals surface area contributed by atoms with Crippen LogP contribution in [0.15, 0.2) is 24.3 Å². The predicted molar refractivity (Wildman–Crippen MR) is 72.1 cm³/mol. The minimum Gasteiger partial charge on any atom is -0.496 e. The molecule has 0 unspecified atom stereocenters. The van der Waals surface area contributed by atoms with Gasteiger partial charge in [0, 0.05) is 5.56 Å². The number of allylic oxidation sites excluding steroid dienone is 1. The van der Waals surface area contributed by atoms with Gasteiger partial charge in [0.15, 0.2) is 0 Å². The molecule has 0 fully saturated rings. The molecule has 0 aliphatic heterocycles. The fraction of sp³-hybridized carbons (Fsp3) is 0.467. The Morgan fingerprint density at radius 2 is 2.12 bits per heavy atom. The first kappa shape index (κ1) is 13.8. The van der Waals surface area contributed by atoms with E-state index in [-0.39, 0.29) is 6.61 Å². The summed E-state index contributed by atoms with van der Waals surface area (Å²) in [4.78, 5) is 0. The van der Waals surface area contributed by atoms with E-state index in [0.29, 0.717) is 0 Å². The first-order valence-electron chi connectivity index (χ1n) is 6.26. The van der Waals surface area contributed by atoms with E-state index in [4.69, 9.17) is 4.74 Å². The van der Waals surface area contributed by atoms with Gasteiger partial charge in [-0.15, -0.1) is 0 Å². The molecule has 94 valence electrons. The molecule has 1 aromatic carbocycles. The fourth-order valence-electron chi connectivity index (χ4n) is 1.82. The third-order valence-corrected chi connectivity index (χ3v) is 2.82. The number of benzene rings is 1. The molecule has 0 aliphatic carbocycles. The molecule has 0 aromatic heterocycles. The lowest BCUT2D eigenvalue weighted by molar-refractivity contribution is 0.273. The zero-order valence-corrected chi connectivity index (χ0v) is 10.8. The molecule has 0 atom stereocenters. The Hall–Kier alpha value is -1.28. The maximum absolute atomic E-state index is 9.36. The highest BCUT2D eigenvalue weighted by Crippen LogP contribution is 2.23. The molecule has 0 spiro atoms. The minimum atomic E-state index is 0.0125. The van der Waals surface area contributed by atoms with Crippen LogP contribution >= 0.6 is 0 Å². The van der Waals surface area contributed by atoms with Crippen molar-refractivity contribution in [1.29, 1.82) is 0 Å². The van der Waals surface area contributed by atoms with Crippen LogP contribution in [0, 0.1) is 0 Å². The average Bonchev–Trinajstić information content (AvgIpc) is 2.38. The summed E-state index contributed by atoms with van der Waals surface area (Å²) in [5.41, 5.74) is 1.91. The summed E-state index contributed by atoms with van der Waals surface area (Å²) < 4.78 is 5.23. The van der Waals surface area contributed by atoms with Crippen molar-refractivity contribution in [2.24, 2.45) is 0 Å². The Bertz CT molecular complexity index is 356. The summed E-state index contributed by atoms with van der Waals surface area (Å²) in [5, 5.41) is 9.36. The Morgan fingerprint density at radius 1 is 1.29 bits per heavy atom. The van der Waals surface area contributed by atoms with Gasteiger partial charge in [0.25, 0.3) is 0 Å². The lowest BCUT2D eigenvalue weighted by Crippen LogP contribution is -1.94. The number of methoxy groups -OCH3 is 1. The summed E-state index contributed by atoms with van der Waals surface area (Å²) >= 11 is 0. The van der Waals surface area contributed by atoms with Crippen LogP contribution < -0.4 is 4.74 Å². The summed E-state index contributed by atoms with van der Waals surface area (Å²) in [6, 6.07) is 5.83. The molecule has 0 saturated heterocycles. The predicted octanol–water partition coefficient (Wildman–Crippen LogP) is 3.78. The first-order chi connectivity index (χ1) is 8.33. The summed E-state index contributed by atoms with van der Waals surface area (Å²) in [5.74, 6) is 0.753. The molecule has 0 amide bonds. The zero-order chi connectivity index (χ0) is 12.5. The third-order valence-electron chi connectivity index (χ3n) is 2.82. The van der Waals surface area contributed by atoms with Crippen molar-refractivity contribution >= 4 is 6.08 Å². The topological polar surface area (TPSA) is 29.5 Å². The minimum absolute atomic E-state index is 0.0125. The largest absolute Gasteiger partial charge is 0.496 e. The maximum Gasteiger partial charge on any atom is 0.124 e. The quantitative estimate of drug-likeness (QED) is 0.727. The molecule has 2 heteroatoms. The monoisotopic (exact) mass is 234 g/mol. The van der Waals surface area contributed by atoms with Gasteiger partial charge in [0.1, 0.15) is 5.75 Å². The second-order valence-electron chi connectivity index (χ2n) is 4.08. The number of ether oxygens (including phenoxy) is 1. The van der Waals surface area contributed by atoms with Crippen molar-refractivity contribution < 1.29 is 9.84 Å². The highest BCUT2D eigenvalue weighted by molar-refractivity contribution is 5.57. The van der Waals surface area contributed by atoms with Gasteiger partial charge >= 0.3 is 0 Å². The van der Waals surface area contributed by atoms with Gasteiger partial charge in [-0.3, -0.25) is 0 Å². The Balaban J connectivity index is 2.69. The van der Waals surface area contributed by atoms with E-state index >= 15 is 0 Å². The SMILES string of the molecule is CCCCCC=Cc1cccc(OC)c1CO. The molecular formula is C15H22O2. The van der Waals surface area contributed by atoms with E-state index in [1.54, 1.807) is 7.11 Å². The van der Waals surface area contributed by atoms with Gasteiger partial charge in [-0.1, -0.05) is 44.1 Å². The number of aliphatic hydroxyl groups excluding tert-OH is 1. The van der Waals surface area contributed by atoms with E-state index in [1.165, 1.54) is 19.3 Å². The molecule has 0 bridgehead atoms. The molecule has 2 nitrogen and oxygen atoms in total. The van der Waals surface area contributed by atoms with Crippen molar-refractivity contribution in [1.82, 2.24) is 0 Å². The zero-order valence-electron chi connectivity index (χ0n) is 10.8. The molecule has 0 aliphatic rings. The van der Waals surface area contributed by atoms with E-state index in [2.05, 4.69) is 19.1 Å². The van der Waals surface area contributed by atoms with E-state index in [9.17, 15) is 5.11 Å². The van der Waals surface area contributed by atoms with Gasteiger partial charge in [0.2, 0.25) is 0 Å². The van der Waals surface area contributed by atoms with Gasteiger partial charge in [-0.05, 0) is 24.5 Å².